The Labute approximate surface area is 86.9 Å². The normalized spacial score (nSPS) is 22.6. The highest BCUT2D eigenvalue weighted by Crippen LogP contribution is 2.14. The predicted octanol–water partition coefficient (Wildman–Crippen LogP) is 3.54. The minimum absolute atomic E-state index is 0.677. The van der Waals surface area contributed by atoms with Gasteiger partial charge in [-0.3, -0.25) is 0 Å². The summed E-state index contributed by atoms with van der Waals surface area (Å²) in [6.45, 7) is 6.29. The molecule has 0 heterocycles. The van der Waals surface area contributed by atoms with Crippen molar-refractivity contribution < 1.29 is 0 Å². The van der Waals surface area contributed by atoms with Crippen LogP contribution in [0.2, 0.25) is 0 Å². The molecule has 76 valence electrons. The molecule has 0 aliphatic heterocycles. The van der Waals surface area contributed by atoms with Crippen molar-refractivity contribution in [1.29, 1.82) is 0 Å². The summed E-state index contributed by atoms with van der Waals surface area (Å²) in [4.78, 5) is 0. The van der Waals surface area contributed by atoms with Gasteiger partial charge >= 0.3 is 0 Å². The maximum absolute atomic E-state index is 3.38. The molecule has 1 rings (SSSR count). The summed E-state index contributed by atoms with van der Waals surface area (Å²) < 4.78 is 0. The van der Waals surface area contributed by atoms with Crippen molar-refractivity contribution in [3.05, 3.63) is 47.9 Å². The van der Waals surface area contributed by atoms with Gasteiger partial charge in [-0.2, -0.15) is 0 Å². The first kappa shape index (κ1) is 10.8. The summed E-state index contributed by atoms with van der Waals surface area (Å²) in [6.07, 6.45) is 14.0. The highest BCUT2D eigenvalue weighted by molar-refractivity contribution is 5.29. The van der Waals surface area contributed by atoms with Crippen LogP contribution in [-0.2, 0) is 0 Å². The minimum Gasteiger partial charge on any atom is -0.356 e. The molecule has 0 fully saturated rings. The summed E-state index contributed by atoms with van der Waals surface area (Å²) >= 11 is 0. The Hall–Kier alpha value is -1.24. The van der Waals surface area contributed by atoms with E-state index in [0.717, 1.165) is 12.1 Å². The molecule has 0 aromatic heterocycles. The summed E-state index contributed by atoms with van der Waals surface area (Å²) in [5.41, 5.74) is 2.35. The van der Waals surface area contributed by atoms with Crippen LogP contribution in [-0.4, -0.2) is 0 Å². The van der Waals surface area contributed by atoms with Crippen molar-refractivity contribution in [3.8, 4) is 0 Å². The lowest BCUT2D eigenvalue weighted by Crippen LogP contribution is -2.12. The quantitative estimate of drug-likeness (QED) is 0.670. The van der Waals surface area contributed by atoms with Crippen LogP contribution in [0.3, 0.4) is 0 Å². The van der Waals surface area contributed by atoms with E-state index in [1.807, 2.05) is 19.9 Å². The molecule has 0 saturated heterocycles. The number of nitrogens with one attached hydrogen (secondary N) is 1. The van der Waals surface area contributed by atoms with Crippen molar-refractivity contribution in [2.75, 3.05) is 0 Å². The van der Waals surface area contributed by atoms with E-state index in [2.05, 4.69) is 42.6 Å². The molecule has 0 bridgehead atoms. The molecule has 0 radical (unpaired) electrons. The first-order valence-corrected chi connectivity index (χ1v) is 5.20. The van der Waals surface area contributed by atoms with Gasteiger partial charge in [-0.05, 0) is 38.3 Å². The Morgan fingerprint density at radius 3 is 2.79 bits per heavy atom. The van der Waals surface area contributed by atoms with Crippen LogP contribution in [0.15, 0.2) is 47.9 Å². The molecular weight excluding hydrogens is 170 g/mol. The van der Waals surface area contributed by atoms with Crippen LogP contribution in [0.4, 0.5) is 0 Å². The Morgan fingerprint density at radius 1 is 1.50 bits per heavy atom. The third kappa shape index (κ3) is 3.25. The summed E-state index contributed by atoms with van der Waals surface area (Å²) in [5.74, 6) is 0.677. The lowest BCUT2D eigenvalue weighted by molar-refractivity contribution is 0.723. The zero-order valence-corrected chi connectivity index (χ0v) is 9.25. The predicted molar refractivity (Wildman–Crippen MR) is 62.7 cm³/mol. The summed E-state index contributed by atoms with van der Waals surface area (Å²) in [7, 11) is 0. The molecule has 0 spiro atoms. The van der Waals surface area contributed by atoms with Crippen LogP contribution in [0, 0.1) is 5.92 Å². The molecule has 0 amide bonds. The van der Waals surface area contributed by atoms with E-state index in [4.69, 9.17) is 0 Å². The van der Waals surface area contributed by atoms with E-state index in [9.17, 15) is 0 Å². The standard InChI is InChI=1S/C13H19N/c1-4-6-12(5-2)14-13-9-7-11(3)8-10-13/h4-7,9-11,14H,8H2,1-3H3/b6-4-,12-5+. The minimum atomic E-state index is 0.677. The van der Waals surface area contributed by atoms with Crippen molar-refractivity contribution >= 4 is 0 Å². The van der Waals surface area contributed by atoms with E-state index >= 15 is 0 Å². The molecule has 1 unspecified atom stereocenters. The van der Waals surface area contributed by atoms with Crippen molar-refractivity contribution in [3.63, 3.8) is 0 Å². The van der Waals surface area contributed by atoms with Gasteiger partial charge in [0.2, 0.25) is 0 Å². The van der Waals surface area contributed by atoms with Gasteiger partial charge in [0.1, 0.15) is 0 Å². The zero-order chi connectivity index (χ0) is 10.4. The second-order valence-corrected chi connectivity index (χ2v) is 3.60. The summed E-state index contributed by atoms with van der Waals surface area (Å²) in [5, 5.41) is 3.38. The van der Waals surface area contributed by atoms with E-state index in [-0.39, 0.29) is 0 Å². The Morgan fingerprint density at radius 2 is 2.29 bits per heavy atom. The smallest absolute Gasteiger partial charge is 0.0340 e. The SMILES string of the molecule is C/C=C\C(=C/C)NC1=CCC(C)C=C1. The fourth-order valence-corrected chi connectivity index (χ4v) is 1.38. The molecule has 1 aliphatic rings. The highest BCUT2D eigenvalue weighted by atomic mass is 14.9. The average Bonchev–Trinajstić information content (AvgIpc) is 2.20. The molecule has 1 N–H and O–H groups in total. The molecule has 1 heteroatoms. The second-order valence-electron chi connectivity index (χ2n) is 3.60. The Balaban J connectivity index is 2.57. The van der Waals surface area contributed by atoms with Gasteiger partial charge < -0.3 is 5.32 Å². The average molecular weight is 189 g/mol. The molecular formula is C13H19N. The van der Waals surface area contributed by atoms with Gasteiger partial charge in [0.25, 0.3) is 0 Å². The molecule has 14 heavy (non-hydrogen) atoms. The van der Waals surface area contributed by atoms with E-state index < -0.39 is 0 Å². The molecule has 0 aromatic rings. The number of rotatable bonds is 3. The lowest BCUT2D eigenvalue weighted by Gasteiger charge is -2.14. The maximum Gasteiger partial charge on any atom is 0.0340 e. The Kier molecular flexibility index (Phi) is 4.24. The van der Waals surface area contributed by atoms with Crippen molar-refractivity contribution in [2.45, 2.75) is 27.2 Å². The van der Waals surface area contributed by atoms with Crippen molar-refractivity contribution in [1.82, 2.24) is 5.32 Å². The maximum atomic E-state index is 3.38. The molecule has 1 atom stereocenters. The molecule has 1 nitrogen and oxygen atoms in total. The second kappa shape index (κ2) is 5.48. The first-order valence-electron chi connectivity index (χ1n) is 5.20. The van der Waals surface area contributed by atoms with Gasteiger partial charge in [0.15, 0.2) is 0 Å². The number of allylic oxidation sites excluding steroid dienone is 6. The largest absolute Gasteiger partial charge is 0.356 e. The van der Waals surface area contributed by atoms with Crippen LogP contribution in [0.25, 0.3) is 0 Å². The fourth-order valence-electron chi connectivity index (χ4n) is 1.38. The number of hydrogen-bond donors (Lipinski definition) is 1. The van der Waals surface area contributed by atoms with Gasteiger partial charge in [-0.25, -0.2) is 0 Å². The van der Waals surface area contributed by atoms with Crippen LogP contribution in [0.1, 0.15) is 27.2 Å². The zero-order valence-electron chi connectivity index (χ0n) is 9.25. The van der Waals surface area contributed by atoms with E-state index in [1.165, 1.54) is 5.70 Å². The Bertz CT molecular complexity index is 292. The molecule has 1 aliphatic carbocycles. The van der Waals surface area contributed by atoms with Crippen LogP contribution >= 0.6 is 0 Å². The van der Waals surface area contributed by atoms with Crippen LogP contribution < -0.4 is 5.32 Å². The van der Waals surface area contributed by atoms with Gasteiger partial charge in [0.05, 0.1) is 0 Å². The topological polar surface area (TPSA) is 12.0 Å². The fraction of sp³-hybridized carbons (Fsp3) is 0.385. The molecule has 0 aromatic carbocycles. The van der Waals surface area contributed by atoms with Gasteiger partial charge in [-0.15, -0.1) is 0 Å². The summed E-state index contributed by atoms with van der Waals surface area (Å²) in [6, 6.07) is 0. The molecule has 0 saturated carbocycles. The third-order valence-electron chi connectivity index (χ3n) is 2.26. The third-order valence-corrected chi connectivity index (χ3v) is 2.26. The van der Waals surface area contributed by atoms with E-state index in [0.29, 0.717) is 5.92 Å². The van der Waals surface area contributed by atoms with Gasteiger partial charge in [0, 0.05) is 11.4 Å². The van der Waals surface area contributed by atoms with Gasteiger partial charge in [-0.1, -0.05) is 31.2 Å². The number of hydrogen-bond acceptors (Lipinski definition) is 1. The van der Waals surface area contributed by atoms with E-state index in [1.54, 1.807) is 0 Å². The monoisotopic (exact) mass is 189 g/mol. The van der Waals surface area contributed by atoms with Crippen LogP contribution in [0.5, 0.6) is 0 Å². The van der Waals surface area contributed by atoms with Crippen molar-refractivity contribution in [2.24, 2.45) is 5.92 Å². The first-order chi connectivity index (χ1) is 6.76. The lowest BCUT2D eigenvalue weighted by atomic mass is 10.0. The highest BCUT2D eigenvalue weighted by Gasteiger charge is 2.02.